The van der Waals surface area contributed by atoms with Crippen LogP contribution in [0, 0.1) is 19.7 Å². The number of rotatable bonds is 1. The highest BCUT2D eigenvalue weighted by molar-refractivity contribution is 6.05. The van der Waals surface area contributed by atoms with Gasteiger partial charge >= 0.3 is 5.63 Å². The highest BCUT2D eigenvalue weighted by atomic mass is 19.1. The first-order chi connectivity index (χ1) is 11.5. The molecule has 0 aliphatic rings. The summed E-state index contributed by atoms with van der Waals surface area (Å²) in [5.74, 6) is -0.478. The third-order valence-corrected chi connectivity index (χ3v) is 4.40. The second-order valence-electron chi connectivity index (χ2n) is 6.09. The van der Waals surface area contributed by atoms with Crippen molar-refractivity contribution in [1.29, 1.82) is 0 Å². The van der Waals surface area contributed by atoms with Gasteiger partial charge in [-0.3, -0.25) is 0 Å². The summed E-state index contributed by atoms with van der Waals surface area (Å²) in [7, 11) is 0. The summed E-state index contributed by atoms with van der Waals surface area (Å²) in [4.78, 5) is 12.4. The van der Waals surface area contributed by atoms with Crippen LogP contribution in [0.4, 0.5) is 4.39 Å². The van der Waals surface area contributed by atoms with E-state index in [1.54, 1.807) is 19.1 Å². The highest BCUT2D eigenvalue weighted by Crippen LogP contribution is 2.29. The number of halogens is 1. The van der Waals surface area contributed by atoms with E-state index in [-0.39, 0.29) is 5.58 Å². The third-order valence-electron chi connectivity index (χ3n) is 4.40. The van der Waals surface area contributed by atoms with E-state index in [4.69, 9.17) is 4.42 Å². The number of hydrogen-bond acceptors (Lipinski definition) is 2. The van der Waals surface area contributed by atoms with Gasteiger partial charge in [-0.05, 0) is 36.6 Å². The van der Waals surface area contributed by atoms with E-state index in [1.165, 1.54) is 5.56 Å². The molecule has 3 aromatic carbocycles. The molecule has 2 nitrogen and oxygen atoms in total. The molecule has 0 atom stereocenters. The molecule has 0 fully saturated rings. The molecular formula is C21H15FO2. The molecular weight excluding hydrogens is 303 g/mol. The Labute approximate surface area is 138 Å². The van der Waals surface area contributed by atoms with Crippen LogP contribution in [0.15, 0.2) is 63.8 Å². The van der Waals surface area contributed by atoms with Crippen LogP contribution in [0.1, 0.15) is 11.1 Å². The van der Waals surface area contributed by atoms with Crippen LogP contribution in [0.3, 0.4) is 0 Å². The predicted molar refractivity (Wildman–Crippen MR) is 94.9 cm³/mol. The summed E-state index contributed by atoms with van der Waals surface area (Å²) >= 11 is 0. The average molecular weight is 318 g/mol. The summed E-state index contributed by atoms with van der Waals surface area (Å²) in [5, 5.41) is 1.78. The van der Waals surface area contributed by atoms with Gasteiger partial charge in [0, 0.05) is 10.8 Å². The van der Waals surface area contributed by atoms with Crippen molar-refractivity contribution in [3.8, 4) is 11.1 Å². The van der Waals surface area contributed by atoms with Gasteiger partial charge in [-0.15, -0.1) is 0 Å². The Morgan fingerprint density at radius 2 is 1.46 bits per heavy atom. The Balaban J connectivity index is 2.03. The predicted octanol–water partition coefficient (Wildman–Crippen LogP) is 5.37. The lowest BCUT2D eigenvalue weighted by Crippen LogP contribution is -2.01. The largest absolute Gasteiger partial charge is 0.419 e. The molecule has 1 heterocycles. The minimum atomic E-state index is -0.518. The first kappa shape index (κ1) is 14.6. The van der Waals surface area contributed by atoms with Crippen LogP contribution in [0.2, 0.25) is 0 Å². The van der Waals surface area contributed by atoms with Crippen LogP contribution >= 0.6 is 0 Å². The summed E-state index contributed by atoms with van der Waals surface area (Å²) in [6.45, 7) is 3.68. The van der Waals surface area contributed by atoms with Gasteiger partial charge in [0.25, 0.3) is 0 Å². The lowest BCUT2D eigenvalue weighted by atomic mass is 9.99. The maximum atomic E-state index is 14.3. The second kappa shape index (κ2) is 5.31. The van der Waals surface area contributed by atoms with Crippen LogP contribution in [-0.4, -0.2) is 0 Å². The van der Waals surface area contributed by atoms with Gasteiger partial charge in [0.15, 0.2) is 11.4 Å². The summed E-state index contributed by atoms with van der Waals surface area (Å²) in [6.07, 6.45) is 0. The molecule has 24 heavy (non-hydrogen) atoms. The molecule has 118 valence electrons. The van der Waals surface area contributed by atoms with Crippen molar-refractivity contribution in [2.75, 3.05) is 0 Å². The Bertz CT molecular complexity index is 1140. The summed E-state index contributed by atoms with van der Waals surface area (Å²) in [5.41, 5.74) is 3.10. The molecule has 0 amide bonds. The molecule has 0 saturated heterocycles. The van der Waals surface area contributed by atoms with Crippen molar-refractivity contribution in [3.63, 3.8) is 0 Å². The number of fused-ring (bicyclic) bond motifs is 3. The van der Waals surface area contributed by atoms with E-state index < -0.39 is 11.4 Å². The molecule has 0 radical (unpaired) electrons. The van der Waals surface area contributed by atoms with Gasteiger partial charge in [0.2, 0.25) is 0 Å². The Hall–Kier alpha value is -2.94. The van der Waals surface area contributed by atoms with E-state index >= 15 is 0 Å². The fourth-order valence-electron chi connectivity index (χ4n) is 2.99. The molecule has 0 aliphatic carbocycles. The van der Waals surface area contributed by atoms with Gasteiger partial charge in [-0.2, -0.15) is 0 Å². The second-order valence-corrected chi connectivity index (χ2v) is 6.09. The van der Waals surface area contributed by atoms with Crippen LogP contribution in [-0.2, 0) is 0 Å². The smallest absolute Gasteiger partial charge is 0.344 e. The van der Waals surface area contributed by atoms with Crippen LogP contribution in [0.5, 0.6) is 0 Å². The zero-order valence-corrected chi connectivity index (χ0v) is 13.4. The fourth-order valence-corrected chi connectivity index (χ4v) is 2.99. The van der Waals surface area contributed by atoms with Crippen molar-refractivity contribution >= 4 is 21.7 Å². The molecule has 4 aromatic rings. The minimum absolute atomic E-state index is 0.0237. The lowest BCUT2D eigenvalue weighted by Gasteiger charge is -2.07. The zero-order valence-electron chi connectivity index (χ0n) is 13.4. The quantitative estimate of drug-likeness (QED) is 0.349. The summed E-state index contributed by atoms with van der Waals surface area (Å²) < 4.78 is 19.5. The summed E-state index contributed by atoms with van der Waals surface area (Å²) in [6, 6.07) is 17.2. The Kier molecular flexibility index (Phi) is 3.24. The lowest BCUT2D eigenvalue weighted by molar-refractivity contribution is 0.527. The highest BCUT2D eigenvalue weighted by Gasteiger charge is 2.13. The Morgan fingerprint density at radius 1 is 0.792 bits per heavy atom. The van der Waals surface area contributed by atoms with Gasteiger partial charge in [-0.25, -0.2) is 9.18 Å². The van der Waals surface area contributed by atoms with Gasteiger partial charge in [0.05, 0.1) is 5.39 Å². The van der Waals surface area contributed by atoms with Crippen molar-refractivity contribution in [2.24, 2.45) is 0 Å². The SMILES string of the molecule is Cc1ccc(-c2ccc3c(c2)c(=O)oc2c(F)c(C)ccc23)cc1. The number of aryl methyl sites for hydroxylation is 2. The van der Waals surface area contributed by atoms with E-state index in [0.717, 1.165) is 11.1 Å². The Morgan fingerprint density at radius 3 is 2.21 bits per heavy atom. The van der Waals surface area contributed by atoms with E-state index in [2.05, 4.69) is 0 Å². The fraction of sp³-hybridized carbons (Fsp3) is 0.0952. The van der Waals surface area contributed by atoms with E-state index in [1.807, 2.05) is 49.4 Å². The number of benzene rings is 3. The molecule has 0 N–H and O–H groups in total. The van der Waals surface area contributed by atoms with Crippen LogP contribution in [0.25, 0.3) is 32.9 Å². The molecule has 0 unspecified atom stereocenters. The van der Waals surface area contributed by atoms with Gasteiger partial charge < -0.3 is 4.42 Å². The van der Waals surface area contributed by atoms with E-state index in [9.17, 15) is 9.18 Å². The molecule has 0 spiro atoms. The monoisotopic (exact) mass is 318 g/mol. The minimum Gasteiger partial charge on any atom is -0.419 e. The van der Waals surface area contributed by atoms with Crippen molar-refractivity contribution in [2.45, 2.75) is 13.8 Å². The van der Waals surface area contributed by atoms with Crippen molar-refractivity contribution < 1.29 is 8.81 Å². The zero-order chi connectivity index (χ0) is 16.8. The normalized spacial score (nSPS) is 11.3. The standard InChI is InChI=1S/C21H15FO2/c1-12-3-6-14(7-4-12)15-8-10-16-17-9-5-13(2)19(22)20(17)24-21(23)18(16)11-15/h3-11H,1-2H3. The van der Waals surface area contributed by atoms with Gasteiger partial charge in [-0.1, -0.05) is 54.1 Å². The van der Waals surface area contributed by atoms with Gasteiger partial charge in [0.1, 0.15) is 0 Å². The van der Waals surface area contributed by atoms with E-state index in [0.29, 0.717) is 21.7 Å². The van der Waals surface area contributed by atoms with Crippen LogP contribution < -0.4 is 5.63 Å². The van der Waals surface area contributed by atoms with Crippen molar-refractivity contribution in [1.82, 2.24) is 0 Å². The first-order valence-corrected chi connectivity index (χ1v) is 7.77. The number of hydrogen-bond donors (Lipinski definition) is 0. The molecule has 0 aliphatic heterocycles. The molecule has 0 bridgehead atoms. The topological polar surface area (TPSA) is 30.2 Å². The molecule has 0 saturated carbocycles. The molecule has 4 rings (SSSR count). The third kappa shape index (κ3) is 2.21. The van der Waals surface area contributed by atoms with Crippen molar-refractivity contribution in [3.05, 3.63) is 82.0 Å². The maximum absolute atomic E-state index is 14.3. The maximum Gasteiger partial charge on any atom is 0.344 e. The molecule has 1 aromatic heterocycles. The average Bonchev–Trinajstić information content (AvgIpc) is 2.59. The first-order valence-electron chi connectivity index (χ1n) is 7.77. The molecule has 3 heteroatoms.